The summed E-state index contributed by atoms with van der Waals surface area (Å²) in [5, 5.41) is 12.0. The Kier molecular flexibility index (Phi) is 10.9. The monoisotopic (exact) mass is 664 g/mol. The molecule has 250 valence electrons. The fraction of sp³-hybridized carbons (Fsp3) is 0.590. The van der Waals surface area contributed by atoms with E-state index in [-0.39, 0.29) is 24.0 Å². The standard InChI is InChI=1S/C39H52O5S2/c1-38(2,29-9-17-34(18-10-29)43-23-36-25-45-36)27-5-13-32(14-6-27)41-21-31(40)22-42-33-15-7-28(8-16-33)39(3,4)30-11-19-35(20-12-30)44-24-37-26-46-37/h5-6,11-15,17,19-20,28-29,31,36-37,40H,7-10,16,18,21-26H2,1-4H3. The van der Waals surface area contributed by atoms with Crippen LogP contribution in [0.15, 0.2) is 72.2 Å². The molecule has 0 saturated carbocycles. The van der Waals surface area contributed by atoms with Gasteiger partial charge in [0.15, 0.2) is 0 Å². The largest absolute Gasteiger partial charge is 0.497 e. The van der Waals surface area contributed by atoms with Gasteiger partial charge in [-0.25, -0.2) is 0 Å². The van der Waals surface area contributed by atoms with Crippen molar-refractivity contribution in [1.29, 1.82) is 0 Å². The Morgan fingerprint density at radius 3 is 1.54 bits per heavy atom. The van der Waals surface area contributed by atoms with E-state index in [1.165, 1.54) is 28.4 Å². The van der Waals surface area contributed by atoms with Gasteiger partial charge < -0.3 is 24.1 Å². The highest BCUT2D eigenvalue weighted by atomic mass is 32.2. The Hall–Kier alpha value is -2.22. The zero-order chi connectivity index (χ0) is 32.1. The summed E-state index contributed by atoms with van der Waals surface area (Å²) in [4.78, 5) is 0. The van der Waals surface area contributed by atoms with Gasteiger partial charge in [-0.05, 0) is 95.9 Å². The van der Waals surface area contributed by atoms with Gasteiger partial charge in [-0.15, -0.1) is 0 Å². The molecule has 4 aliphatic rings. The Morgan fingerprint density at radius 1 is 0.652 bits per heavy atom. The summed E-state index contributed by atoms with van der Waals surface area (Å²) in [6.07, 6.45) is 10.0. The normalized spacial score (nSPS) is 25.2. The van der Waals surface area contributed by atoms with Crippen LogP contribution in [0.3, 0.4) is 0 Å². The van der Waals surface area contributed by atoms with Gasteiger partial charge in [-0.1, -0.05) is 52.0 Å². The van der Waals surface area contributed by atoms with Crippen LogP contribution in [-0.4, -0.2) is 59.6 Å². The van der Waals surface area contributed by atoms with E-state index in [1.54, 1.807) is 0 Å². The maximum atomic E-state index is 10.6. The minimum Gasteiger partial charge on any atom is -0.497 e. The van der Waals surface area contributed by atoms with E-state index in [0.717, 1.165) is 74.2 Å². The summed E-state index contributed by atoms with van der Waals surface area (Å²) in [6.45, 7) is 11.5. The third-order valence-corrected chi connectivity index (χ3v) is 12.5. The SMILES string of the molecule is CC(C)(c1ccc(OCC2CS2)cc1)C1CC=C(OCC(O)COc2ccc(C(C)(C)C3CC=C(OCC4CS4)CC3)cc2)CC1. The molecule has 1 N–H and O–H groups in total. The van der Waals surface area contributed by atoms with Crippen LogP contribution < -0.4 is 9.47 Å². The molecule has 2 aromatic rings. The van der Waals surface area contributed by atoms with Crippen LogP contribution in [0.25, 0.3) is 0 Å². The van der Waals surface area contributed by atoms with Crippen LogP contribution in [0, 0.1) is 11.8 Å². The maximum absolute atomic E-state index is 10.6. The average molecular weight is 665 g/mol. The van der Waals surface area contributed by atoms with Crippen LogP contribution in [0.5, 0.6) is 11.5 Å². The molecule has 5 nitrogen and oxygen atoms in total. The van der Waals surface area contributed by atoms with E-state index in [1.807, 2.05) is 35.7 Å². The summed E-state index contributed by atoms with van der Waals surface area (Å²) in [5.41, 5.74) is 2.80. The van der Waals surface area contributed by atoms with E-state index in [9.17, 15) is 5.11 Å². The first kappa shape index (κ1) is 33.7. The molecule has 2 aliphatic carbocycles. The van der Waals surface area contributed by atoms with E-state index >= 15 is 0 Å². The number of aliphatic hydroxyl groups is 1. The minimum absolute atomic E-state index is 0.0609. The van der Waals surface area contributed by atoms with Crippen molar-refractivity contribution in [3.05, 3.63) is 83.3 Å². The number of benzene rings is 2. The smallest absolute Gasteiger partial charge is 0.122 e. The lowest BCUT2D eigenvalue weighted by Gasteiger charge is -2.37. The predicted molar refractivity (Wildman–Crippen MR) is 191 cm³/mol. The molecule has 2 heterocycles. The van der Waals surface area contributed by atoms with Crippen molar-refractivity contribution in [2.75, 3.05) is 37.9 Å². The average Bonchev–Trinajstić information content (AvgIpc) is 4.01. The summed E-state index contributed by atoms with van der Waals surface area (Å²) < 4.78 is 23.9. The van der Waals surface area contributed by atoms with Gasteiger partial charge >= 0.3 is 0 Å². The van der Waals surface area contributed by atoms with Crippen LogP contribution in [-0.2, 0) is 20.3 Å². The lowest BCUT2D eigenvalue weighted by atomic mass is 9.68. The summed E-state index contributed by atoms with van der Waals surface area (Å²) in [5.74, 6) is 7.50. The van der Waals surface area contributed by atoms with Gasteiger partial charge in [0, 0.05) is 34.8 Å². The molecule has 0 aromatic heterocycles. The number of hydrogen-bond acceptors (Lipinski definition) is 7. The van der Waals surface area contributed by atoms with Gasteiger partial charge in [0.05, 0.1) is 11.5 Å². The van der Waals surface area contributed by atoms with E-state index in [2.05, 4.69) is 76.2 Å². The Morgan fingerprint density at radius 2 is 1.09 bits per heavy atom. The Balaban J connectivity index is 0.908. The van der Waals surface area contributed by atoms with Crippen molar-refractivity contribution in [3.63, 3.8) is 0 Å². The first-order chi connectivity index (χ1) is 22.2. The summed E-state index contributed by atoms with van der Waals surface area (Å²) in [7, 11) is 0. The lowest BCUT2D eigenvalue weighted by molar-refractivity contribution is 0.0326. The predicted octanol–water partition coefficient (Wildman–Crippen LogP) is 8.69. The molecule has 2 aromatic carbocycles. The van der Waals surface area contributed by atoms with Crippen molar-refractivity contribution < 1.29 is 24.1 Å². The molecule has 2 saturated heterocycles. The van der Waals surface area contributed by atoms with Gasteiger partial charge in [0.2, 0.25) is 0 Å². The van der Waals surface area contributed by atoms with Crippen molar-refractivity contribution in [3.8, 4) is 11.5 Å². The molecule has 7 heteroatoms. The molecule has 2 aliphatic heterocycles. The zero-order valence-corrected chi connectivity index (χ0v) is 29.7. The first-order valence-electron chi connectivity index (χ1n) is 17.2. The van der Waals surface area contributed by atoms with Crippen molar-refractivity contribution in [2.45, 2.75) is 93.7 Å². The second kappa shape index (κ2) is 14.9. The number of aliphatic hydroxyl groups excluding tert-OH is 1. The molecule has 0 amide bonds. The molecule has 5 unspecified atom stereocenters. The number of hydrogen-bond donors (Lipinski definition) is 1. The van der Waals surface area contributed by atoms with E-state index in [4.69, 9.17) is 18.9 Å². The quantitative estimate of drug-likeness (QED) is 0.180. The molecular weight excluding hydrogens is 613 g/mol. The van der Waals surface area contributed by atoms with Crippen LogP contribution in [0.2, 0.25) is 0 Å². The third kappa shape index (κ3) is 9.02. The third-order valence-electron chi connectivity index (χ3n) is 10.6. The second-order valence-electron chi connectivity index (χ2n) is 14.6. The number of ether oxygens (including phenoxy) is 4. The number of thioether (sulfide) groups is 2. The molecular formula is C39H52O5S2. The summed E-state index contributed by atoms with van der Waals surface area (Å²) >= 11 is 3.95. The summed E-state index contributed by atoms with van der Waals surface area (Å²) in [6, 6.07) is 17.1. The fourth-order valence-electron chi connectivity index (χ4n) is 6.79. The minimum atomic E-state index is -0.686. The van der Waals surface area contributed by atoms with E-state index < -0.39 is 6.10 Å². The van der Waals surface area contributed by atoms with Gasteiger partial charge in [0.25, 0.3) is 0 Å². The van der Waals surface area contributed by atoms with Crippen molar-refractivity contribution in [1.82, 2.24) is 0 Å². The molecule has 0 spiro atoms. The van der Waals surface area contributed by atoms with Gasteiger partial charge in [-0.3, -0.25) is 0 Å². The van der Waals surface area contributed by atoms with E-state index in [0.29, 0.717) is 17.1 Å². The maximum Gasteiger partial charge on any atom is 0.122 e. The molecule has 2 fully saturated rings. The molecule has 0 bridgehead atoms. The topological polar surface area (TPSA) is 57.2 Å². The lowest BCUT2D eigenvalue weighted by Crippen LogP contribution is -2.30. The highest BCUT2D eigenvalue weighted by Gasteiger charge is 2.34. The molecule has 0 radical (unpaired) electrons. The van der Waals surface area contributed by atoms with Crippen LogP contribution in [0.4, 0.5) is 0 Å². The molecule has 5 atom stereocenters. The fourth-order valence-corrected chi connectivity index (χ4v) is 7.58. The second-order valence-corrected chi connectivity index (χ2v) is 17.3. The molecule has 46 heavy (non-hydrogen) atoms. The Labute approximate surface area is 284 Å². The van der Waals surface area contributed by atoms with Crippen molar-refractivity contribution >= 4 is 23.5 Å². The first-order valence-corrected chi connectivity index (χ1v) is 19.3. The zero-order valence-electron chi connectivity index (χ0n) is 28.0. The van der Waals surface area contributed by atoms with Gasteiger partial charge in [0.1, 0.15) is 44.0 Å². The van der Waals surface area contributed by atoms with Crippen molar-refractivity contribution in [2.24, 2.45) is 11.8 Å². The number of rotatable bonds is 16. The van der Waals surface area contributed by atoms with Crippen LogP contribution in [0.1, 0.15) is 77.3 Å². The highest BCUT2D eigenvalue weighted by Crippen LogP contribution is 2.42. The highest BCUT2D eigenvalue weighted by molar-refractivity contribution is 8.07. The van der Waals surface area contributed by atoms with Crippen LogP contribution >= 0.6 is 23.5 Å². The molecule has 6 rings (SSSR count). The number of allylic oxidation sites excluding steroid dienone is 4. The Bertz CT molecular complexity index is 1340. The van der Waals surface area contributed by atoms with Gasteiger partial charge in [-0.2, -0.15) is 23.5 Å².